The molecule has 4 nitrogen and oxygen atoms in total. The average Bonchev–Trinajstić information content (AvgIpc) is 1.82. The maximum absolute atomic E-state index is 10.4. The fraction of sp³-hybridized carbons (Fsp3) is 0.714. The molecule has 0 saturated heterocycles. The molecule has 64 valence electrons. The summed E-state index contributed by atoms with van der Waals surface area (Å²) in [6.45, 7) is 3.20. The fourth-order valence-electron chi connectivity index (χ4n) is 0.759. The molecular formula is C7H13NO3. The Labute approximate surface area is 65.6 Å². The van der Waals surface area contributed by atoms with Crippen LogP contribution in [0.15, 0.2) is 0 Å². The molecule has 0 rings (SSSR count). The third kappa shape index (κ3) is 6.83. The van der Waals surface area contributed by atoms with Gasteiger partial charge in [-0.1, -0.05) is 0 Å². The first-order valence-electron chi connectivity index (χ1n) is 3.51. The molecule has 0 bridgehead atoms. The fourth-order valence-corrected chi connectivity index (χ4v) is 0.759. The van der Waals surface area contributed by atoms with Gasteiger partial charge in [0.2, 0.25) is 5.91 Å². The standard InChI is InChI=1S/C7H13NO3/c1-5(8-6(2)9)3-4-7(10)11/h5H,3-4H2,1-2H3,(H,8,9)(H,10,11)/t5-/m0/s1. The number of carboxylic acids is 1. The van der Waals surface area contributed by atoms with Crippen LogP contribution in [-0.4, -0.2) is 23.0 Å². The number of amides is 1. The van der Waals surface area contributed by atoms with Crippen molar-refractivity contribution in [3.63, 3.8) is 0 Å². The summed E-state index contributed by atoms with van der Waals surface area (Å²) in [5.41, 5.74) is 0. The van der Waals surface area contributed by atoms with E-state index in [0.717, 1.165) is 0 Å². The van der Waals surface area contributed by atoms with E-state index < -0.39 is 5.97 Å². The van der Waals surface area contributed by atoms with Gasteiger partial charge in [0.15, 0.2) is 0 Å². The first-order valence-corrected chi connectivity index (χ1v) is 3.51. The summed E-state index contributed by atoms with van der Waals surface area (Å²) in [7, 11) is 0. The van der Waals surface area contributed by atoms with Crippen molar-refractivity contribution in [2.75, 3.05) is 0 Å². The van der Waals surface area contributed by atoms with E-state index >= 15 is 0 Å². The summed E-state index contributed by atoms with van der Waals surface area (Å²) in [5, 5.41) is 10.9. The highest BCUT2D eigenvalue weighted by Gasteiger charge is 2.05. The van der Waals surface area contributed by atoms with Crippen LogP contribution in [0.2, 0.25) is 0 Å². The van der Waals surface area contributed by atoms with Gasteiger partial charge in [0, 0.05) is 19.4 Å². The maximum atomic E-state index is 10.4. The summed E-state index contributed by atoms with van der Waals surface area (Å²) >= 11 is 0. The number of carbonyl (C=O) groups is 2. The van der Waals surface area contributed by atoms with E-state index in [0.29, 0.717) is 6.42 Å². The number of hydrogen-bond acceptors (Lipinski definition) is 2. The average molecular weight is 159 g/mol. The Morgan fingerprint density at radius 1 is 1.55 bits per heavy atom. The number of hydrogen-bond donors (Lipinski definition) is 2. The minimum absolute atomic E-state index is 0.0522. The summed E-state index contributed by atoms with van der Waals surface area (Å²) < 4.78 is 0. The zero-order valence-corrected chi connectivity index (χ0v) is 6.76. The summed E-state index contributed by atoms with van der Waals surface area (Å²) in [4.78, 5) is 20.5. The summed E-state index contributed by atoms with van der Waals surface area (Å²) in [6, 6.07) is -0.0522. The predicted molar refractivity (Wildman–Crippen MR) is 40.1 cm³/mol. The zero-order valence-electron chi connectivity index (χ0n) is 6.76. The zero-order chi connectivity index (χ0) is 8.85. The van der Waals surface area contributed by atoms with Gasteiger partial charge in [-0.2, -0.15) is 0 Å². The predicted octanol–water partition coefficient (Wildman–Crippen LogP) is 0.376. The van der Waals surface area contributed by atoms with E-state index in [1.807, 2.05) is 0 Å². The second-order valence-electron chi connectivity index (χ2n) is 2.53. The van der Waals surface area contributed by atoms with Gasteiger partial charge < -0.3 is 10.4 Å². The molecule has 0 aromatic carbocycles. The normalized spacial score (nSPS) is 12.2. The Kier molecular flexibility index (Phi) is 4.26. The van der Waals surface area contributed by atoms with Gasteiger partial charge in [0.25, 0.3) is 0 Å². The van der Waals surface area contributed by atoms with Crippen LogP contribution in [0.3, 0.4) is 0 Å². The highest BCUT2D eigenvalue weighted by Crippen LogP contribution is 1.95. The van der Waals surface area contributed by atoms with E-state index in [-0.39, 0.29) is 18.4 Å². The van der Waals surface area contributed by atoms with Crippen LogP contribution >= 0.6 is 0 Å². The highest BCUT2D eigenvalue weighted by atomic mass is 16.4. The van der Waals surface area contributed by atoms with Crippen molar-refractivity contribution < 1.29 is 14.7 Å². The van der Waals surface area contributed by atoms with Gasteiger partial charge in [-0.25, -0.2) is 0 Å². The molecule has 0 aromatic heterocycles. The van der Waals surface area contributed by atoms with Crippen LogP contribution in [-0.2, 0) is 9.59 Å². The van der Waals surface area contributed by atoms with E-state index in [9.17, 15) is 9.59 Å². The molecule has 0 aliphatic carbocycles. The molecule has 0 fully saturated rings. The molecule has 1 atom stereocenters. The lowest BCUT2D eigenvalue weighted by atomic mass is 10.2. The molecule has 0 unspecified atom stereocenters. The summed E-state index contributed by atoms with van der Waals surface area (Å²) in [5.74, 6) is -0.954. The highest BCUT2D eigenvalue weighted by molar-refractivity contribution is 5.73. The molecule has 2 N–H and O–H groups in total. The van der Waals surface area contributed by atoms with Crippen LogP contribution in [0.1, 0.15) is 26.7 Å². The molecule has 0 heterocycles. The van der Waals surface area contributed by atoms with Gasteiger partial charge in [-0.15, -0.1) is 0 Å². The number of rotatable bonds is 4. The lowest BCUT2D eigenvalue weighted by Crippen LogP contribution is -2.30. The smallest absolute Gasteiger partial charge is 0.303 e. The van der Waals surface area contributed by atoms with Crippen molar-refractivity contribution in [2.45, 2.75) is 32.7 Å². The molecule has 0 radical (unpaired) electrons. The molecule has 1 amide bonds. The lowest BCUT2D eigenvalue weighted by molar-refractivity contribution is -0.137. The van der Waals surface area contributed by atoms with Crippen molar-refractivity contribution in [1.82, 2.24) is 5.32 Å². The molecule has 4 heteroatoms. The van der Waals surface area contributed by atoms with Crippen molar-refractivity contribution in [2.24, 2.45) is 0 Å². The first kappa shape index (κ1) is 9.94. The van der Waals surface area contributed by atoms with Crippen molar-refractivity contribution in [1.29, 1.82) is 0 Å². The minimum atomic E-state index is -0.831. The van der Waals surface area contributed by atoms with Crippen LogP contribution in [0, 0.1) is 0 Å². The SMILES string of the molecule is CC(=O)N[C@@H](C)CCC(=O)O. The second-order valence-corrected chi connectivity index (χ2v) is 2.53. The molecule has 0 spiro atoms. The van der Waals surface area contributed by atoms with Gasteiger partial charge in [-0.05, 0) is 13.3 Å². The van der Waals surface area contributed by atoms with Gasteiger partial charge in [0.1, 0.15) is 0 Å². The molecular weight excluding hydrogens is 146 g/mol. The van der Waals surface area contributed by atoms with Crippen LogP contribution in [0.4, 0.5) is 0 Å². The number of aliphatic carboxylic acids is 1. The van der Waals surface area contributed by atoms with Gasteiger partial charge in [0.05, 0.1) is 0 Å². The molecule has 0 aromatic rings. The largest absolute Gasteiger partial charge is 0.481 e. The third-order valence-corrected chi connectivity index (χ3v) is 1.24. The molecule has 0 saturated carbocycles. The van der Waals surface area contributed by atoms with Crippen LogP contribution < -0.4 is 5.32 Å². The quantitative estimate of drug-likeness (QED) is 0.623. The van der Waals surface area contributed by atoms with Crippen molar-refractivity contribution in [3.8, 4) is 0 Å². The Morgan fingerprint density at radius 2 is 2.09 bits per heavy atom. The first-order chi connectivity index (χ1) is 5.02. The van der Waals surface area contributed by atoms with E-state index in [1.54, 1.807) is 6.92 Å². The third-order valence-electron chi connectivity index (χ3n) is 1.24. The lowest BCUT2D eigenvalue weighted by Gasteiger charge is -2.09. The van der Waals surface area contributed by atoms with Crippen molar-refractivity contribution >= 4 is 11.9 Å². The Bertz CT molecular complexity index is 156. The van der Waals surface area contributed by atoms with Crippen LogP contribution in [0.5, 0.6) is 0 Å². The molecule has 11 heavy (non-hydrogen) atoms. The Morgan fingerprint density at radius 3 is 2.45 bits per heavy atom. The monoisotopic (exact) mass is 159 g/mol. The van der Waals surface area contributed by atoms with Gasteiger partial charge in [-0.3, -0.25) is 9.59 Å². The number of carbonyl (C=O) groups excluding carboxylic acids is 1. The molecule has 0 aliphatic rings. The van der Waals surface area contributed by atoms with E-state index in [2.05, 4.69) is 5.32 Å². The number of carboxylic acid groups (broad SMARTS) is 1. The van der Waals surface area contributed by atoms with E-state index in [4.69, 9.17) is 5.11 Å². The van der Waals surface area contributed by atoms with E-state index in [1.165, 1.54) is 6.92 Å². The Balaban J connectivity index is 3.44. The van der Waals surface area contributed by atoms with Gasteiger partial charge >= 0.3 is 5.97 Å². The second kappa shape index (κ2) is 4.71. The van der Waals surface area contributed by atoms with Crippen LogP contribution in [0.25, 0.3) is 0 Å². The Hall–Kier alpha value is -1.06. The maximum Gasteiger partial charge on any atom is 0.303 e. The topological polar surface area (TPSA) is 66.4 Å². The summed E-state index contributed by atoms with van der Waals surface area (Å²) in [6.07, 6.45) is 0.580. The molecule has 0 aliphatic heterocycles. The number of nitrogens with one attached hydrogen (secondary N) is 1. The van der Waals surface area contributed by atoms with Crippen molar-refractivity contribution in [3.05, 3.63) is 0 Å². The minimum Gasteiger partial charge on any atom is -0.481 e.